The Morgan fingerprint density at radius 1 is 1.31 bits per heavy atom. The van der Waals surface area contributed by atoms with E-state index in [2.05, 4.69) is 20.5 Å². The van der Waals surface area contributed by atoms with Gasteiger partial charge in [-0.15, -0.1) is 0 Å². The van der Waals surface area contributed by atoms with Crippen LogP contribution in [0, 0.1) is 5.92 Å². The van der Waals surface area contributed by atoms with E-state index in [1.54, 1.807) is 6.20 Å². The molecule has 0 spiro atoms. The van der Waals surface area contributed by atoms with Crippen LogP contribution in [-0.4, -0.2) is 44.3 Å². The number of hydrogen-bond donors (Lipinski definition) is 3. The van der Waals surface area contributed by atoms with Crippen LogP contribution in [0.4, 0.5) is 4.79 Å². The van der Waals surface area contributed by atoms with Gasteiger partial charge in [-0.3, -0.25) is 10.1 Å². The van der Waals surface area contributed by atoms with E-state index in [9.17, 15) is 9.90 Å². The number of amides is 2. The monoisotopic (exact) mass is 355 g/mol. The van der Waals surface area contributed by atoms with Gasteiger partial charge in [0, 0.05) is 25.2 Å². The van der Waals surface area contributed by atoms with Crippen molar-refractivity contribution < 1.29 is 9.90 Å². The van der Waals surface area contributed by atoms with Crippen molar-refractivity contribution >= 4 is 6.03 Å². The van der Waals surface area contributed by atoms with E-state index < -0.39 is 6.10 Å². The maximum Gasteiger partial charge on any atom is 0.317 e. The molecule has 7 heteroatoms. The first kappa shape index (κ1) is 17.0. The fraction of sp³-hybridized carbons (Fsp3) is 0.526. The van der Waals surface area contributed by atoms with Crippen molar-refractivity contribution in [1.82, 2.24) is 25.4 Å². The van der Waals surface area contributed by atoms with Crippen LogP contribution in [0.5, 0.6) is 0 Å². The van der Waals surface area contributed by atoms with Gasteiger partial charge in [-0.05, 0) is 49.8 Å². The largest absolute Gasteiger partial charge is 0.387 e. The molecule has 7 nitrogen and oxygen atoms in total. The Morgan fingerprint density at radius 2 is 2.12 bits per heavy atom. The summed E-state index contributed by atoms with van der Waals surface area (Å²) >= 11 is 0. The molecule has 2 aromatic heterocycles. The average Bonchev–Trinajstić information content (AvgIpc) is 3.44. The SMILES string of the molecule is O=C(NCc1cc(C2CC2)n[nH]1)N1CCC([C@@H](O)c2ccccn2)CC1. The molecule has 1 aliphatic heterocycles. The highest BCUT2D eigenvalue weighted by Crippen LogP contribution is 2.39. The molecule has 2 fully saturated rings. The van der Waals surface area contributed by atoms with Gasteiger partial charge in [0.15, 0.2) is 0 Å². The van der Waals surface area contributed by atoms with Gasteiger partial charge in [-0.1, -0.05) is 6.07 Å². The number of H-pyrrole nitrogens is 1. The topological polar surface area (TPSA) is 94.1 Å². The Morgan fingerprint density at radius 3 is 2.81 bits per heavy atom. The van der Waals surface area contributed by atoms with Crippen LogP contribution < -0.4 is 5.32 Å². The number of aliphatic hydroxyl groups is 1. The summed E-state index contributed by atoms with van der Waals surface area (Å²) in [6, 6.07) is 7.57. The minimum absolute atomic E-state index is 0.0571. The molecule has 2 aliphatic rings. The lowest BCUT2D eigenvalue weighted by atomic mass is 9.89. The lowest BCUT2D eigenvalue weighted by Gasteiger charge is -2.34. The molecule has 1 saturated carbocycles. The third kappa shape index (κ3) is 3.88. The zero-order chi connectivity index (χ0) is 17.9. The fourth-order valence-corrected chi connectivity index (χ4v) is 3.55. The van der Waals surface area contributed by atoms with Crippen LogP contribution in [-0.2, 0) is 6.54 Å². The summed E-state index contributed by atoms with van der Waals surface area (Å²) < 4.78 is 0. The van der Waals surface area contributed by atoms with Crippen molar-refractivity contribution in [2.75, 3.05) is 13.1 Å². The number of aromatic amines is 1. The molecule has 2 amide bonds. The van der Waals surface area contributed by atoms with Crippen molar-refractivity contribution in [2.45, 2.75) is 44.2 Å². The first-order valence-electron chi connectivity index (χ1n) is 9.36. The first-order chi connectivity index (χ1) is 12.7. The number of carbonyl (C=O) groups is 1. The van der Waals surface area contributed by atoms with Crippen LogP contribution in [0.25, 0.3) is 0 Å². The maximum absolute atomic E-state index is 12.4. The molecule has 3 N–H and O–H groups in total. The van der Waals surface area contributed by atoms with Gasteiger partial charge in [-0.2, -0.15) is 5.10 Å². The molecule has 3 heterocycles. The molecule has 0 bridgehead atoms. The summed E-state index contributed by atoms with van der Waals surface area (Å²) in [6.45, 7) is 1.77. The Labute approximate surface area is 152 Å². The molecule has 1 aliphatic carbocycles. The number of aromatic nitrogens is 3. The van der Waals surface area contributed by atoms with Crippen molar-refractivity contribution in [3.63, 3.8) is 0 Å². The number of likely N-dealkylation sites (tertiary alicyclic amines) is 1. The summed E-state index contributed by atoms with van der Waals surface area (Å²) in [5, 5.41) is 20.7. The number of urea groups is 1. The molecule has 2 aromatic rings. The van der Waals surface area contributed by atoms with E-state index in [4.69, 9.17) is 0 Å². The van der Waals surface area contributed by atoms with E-state index in [-0.39, 0.29) is 11.9 Å². The number of nitrogens with zero attached hydrogens (tertiary/aromatic N) is 3. The van der Waals surface area contributed by atoms with Gasteiger partial charge in [0.25, 0.3) is 0 Å². The second-order valence-corrected chi connectivity index (χ2v) is 7.27. The van der Waals surface area contributed by atoms with Crippen LogP contribution in [0.2, 0.25) is 0 Å². The second-order valence-electron chi connectivity index (χ2n) is 7.27. The average molecular weight is 355 g/mol. The second kappa shape index (κ2) is 7.45. The molecule has 138 valence electrons. The molecule has 0 radical (unpaired) electrons. The highest BCUT2D eigenvalue weighted by atomic mass is 16.3. The number of rotatable bonds is 5. The quantitative estimate of drug-likeness (QED) is 0.767. The van der Waals surface area contributed by atoms with Crippen molar-refractivity contribution in [3.8, 4) is 0 Å². The summed E-state index contributed by atoms with van der Waals surface area (Å²) in [5.74, 6) is 0.753. The van der Waals surface area contributed by atoms with Gasteiger partial charge in [0.05, 0.1) is 29.7 Å². The van der Waals surface area contributed by atoms with Gasteiger partial charge in [-0.25, -0.2) is 4.79 Å². The minimum atomic E-state index is -0.563. The smallest absolute Gasteiger partial charge is 0.317 e. The summed E-state index contributed by atoms with van der Waals surface area (Å²) in [5.41, 5.74) is 2.76. The highest BCUT2D eigenvalue weighted by Gasteiger charge is 2.29. The van der Waals surface area contributed by atoms with Crippen LogP contribution >= 0.6 is 0 Å². The predicted octanol–water partition coefficient (Wildman–Crippen LogP) is 2.34. The van der Waals surface area contributed by atoms with E-state index in [1.165, 1.54) is 12.8 Å². The van der Waals surface area contributed by atoms with Crippen molar-refractivity contribution in [2.24, 2.45) is 5.92 Å². The number of pyridine rings is 1. The van der Waals surface area contributed by atoms with Gasteiger partial charge < -0.3 is 15.3 Å². The predicted molar refractivity (Wildman–Crippen MR) is 96.3 cm³/mol. The number of nitrogens with one attached hydrogen (secondary N) is 2. The molecule has 1 saturated heterocycles. The van der Waals surface area contributed by atoms with Crippen molar-refractivity contribution in [3.05, 3.63) is 47.5 Å². The number of carbonyl (C=O) groups excluding carboxylic acids is 1. The summed E-state index contributed by atoms with van der Waals surface area (Å²) in [4.78, 5) is 18.4. The van der Waals surface area contributed by atoms with E-state index in [0.29, 0.717) is 31.2 Å². The molecule has 1 atom stereocenters. The Balaban J connectivity index is 1.24. The molecule has 0 unspecified atom stereocenters. The number of piperidine rings is 1. The van der Waals surface area contributed by atoms with E-state index in [0.717, 1.165) is 24.2 Å². The maximum atomic E-state index is 12.4. The first-order valence-corrected chi connectivity index (χ1v) is 9.36. The van der Waals surface area contributed by atoms with Crippen molar-refractivity contribution in [1.29, 1.82) is 0 Å². The van der Waals surface area contributed by atoms with Gasteiger partial charge in [0.2, 0.25) is 0 Å². The normalized spacial score (nSPS) is 19.3. The zero-order valence-corrected chi connectivity index (χ0v) is 14.8. The molecule has 26 heavy (non-hydrogen) atoms. The molecule has 0 aromatic carbocycles. The van der Waals surface area contributed by atoms with Gasteiger partial charge in [0.1, 0.15) is 0 Å². The third-order valence-corrected chi connectivity index (χ3v) is 5.34. The summed E-state index contributed by atoms with van der Waals surface area (Å²) in [7, 11) is 0. The Kier molecular flexibility index (Phi) is 4.88. The standard InChI is InChI=1S/C19H25N5O2/c25-18(16-3-1-2-8-20-16)14-6-9-24(10-7-14)19(26)21-12-15-11-17(23-22-15)13-4-5-13/h1-3,8,11,13-14,18,25H,4-7,9-10,12H2,(H,21,26)(H,22,23)/t18-/m1/s1. The number of hydrogen-bond acceptors (Lipinski definition) is 4. The summed E-state index contributed by atoms with van der Waals surface area (Å²) in [6.07, 6.45) is 5.13. The molecule has 4 rings (SSSR count). The Hall–Kier alpha value is -2.41. The van der Waals surface area contributed by atoms with Crippen LogP contribution in [0.1, 0.15) is 54.8 Å². The van der Waals surface area contributed by atoms with E-state index in [1.807, 2.05) is 29.2 Å². The van der Waals surface area contributed by atoms with Gasteiger partial charge >= 0.3 is 6.03 Å². The molecular formula is C19H25N5O2. The van der Waals surface area contributed by atoms with Crippen LogP contribution in [0.3, 0.4) is 0 Å². The van der Waals surface area contributed by atoms with Crippen LogP contribution in [0.15, 0.2) is 30.5 Å². The lowest BCUT2D eigenvalue weighted by Crippen LogP contribution is -2.45. The molecular weight excluding hydrogens is 330 g/mol. The lowest BCUT2D eigenvalue weighted by molar-refractivity contribution is 0.0635. The Bertz CT molecular complexity index is 735. The number of aliphatic hydroxyl groups excluding tert-OH is 1. The fourth-order valence-electron chi connectivity index (χ4n) is 3.55. The highest BCUT2D eigenvalue weighted by molar-refractivity contribution is 5.74. The third-order valence-electron chi connectivity index (χ3n) is 5.34. The van der Waals surface area contributed by atoms with E-state index >= 15 is 0 Å². The zero-order valence-electron chi connectivity index (χ0n) is 14.8. The minimum Gasteiger partial charge on any atom is -0.387 e.